The fraction of sp³-hybridized carbons (Fsp3) is 0.857. The molecule has 0 heterocycles. The van der Waals surface area contributed by atoms with E-state index in [1.54, 1.807) is 0 Å². The number of esters is 1. The largest absolute Gasteiger partial charge is 0.469 e. The van der Waals surface area contributed by atoms with Crippen molar-refractivity contribution in [2.24, 2.45) is 46.3 Å². The second-order valence-electron chi connectivity index (χ2n) is 12.0. The van der Waals surface area contributed by atoms with E-state index in [0.29, 0.717) is 11.2 Å². The summed E-state index contributed by atoms with van der Waals surface area (Å²) >= 11 is 0. The standard InChI is InChI=1S/C28H44O3/c1-18(7-6-8-19(2)26(30)31-5)23-11-12-24-22-10-9-20-17-21(29)13-15-27(20,3)25(22)14-16-28(23,24)4/h17-19,22-25H,6-16H2,1-5H3/t18-,19+,22+,23-,24+,25+,27+,28-/m1/s1. The van der Waals surface area contributed by atoms with Crippen LogP contribution in [0, 0.1) is 46.3 Å². The van der Waals surface area contributed by atoms with Crippen LogP contribution in [-0.2, 0) is 14.3 Å². The minimum Gasteiger partial charge on any atom is -0.469 e. The normalized spacial score (nSPS) is 41.5. The Morgan fingerprint density at radius 2 is 1.84 bits per heavy atom. The lowest BCUT2D eigenvalue weighted by molar-refractivity contribution is -0.145. The molecule has 4 aliphatic carbocycles. The molecular formula is C28H44O3. The topological polar surface area (TPSA) is 43.4 Å². The van der Waals surface area contributed by atoms with E-state index in [2.05, 4.69) is 20.8 Å². The van der Waals surface area contributed by atoms with Crippen molar-refractivity contribution in [3.63, 3.8) is 0 Å². The minimum absolute atomic E-state index is 0.0205. The van der Waals surface area contributed by atoms with Crippen LogP contribution in [0.1, 0.15) is 98.3 Å². The van der Waals surface area contributed by atoms with Gasteiger partial charge in [0.2, 0.25) is 0 Å². The molecule has 0 radical (unpaired) electrons. The fourth-order valence-electron chi connectivity index (χ4n) is 8.80. The molecule has 0 N–H and O–H groups in total. The second kappa shape index (κ2) is 8.67. The molecule has 8 atom stereocenters. The van der Waals surface area contributed by atoms with Gasteiger partial charge in [0.1, 0.15) is 0 Å². The zero-order valence-electron chi connectivity index (χ0n) is 20.5. The van der Waals surface area contributed by atoms with Gasteiger partial charge in [-0.1, -0.05) is 46.1 Å². The molecule has 4 rings (SSSR count). The summed E-state index contributed by atoms with van der Waals surface area (Å²) in [5.41, 5.74) is 2.25. The zero-order chi connectivity index (χ0) is 22.4. The van der Waals surface area contributed by atoms with Crippen LogP contribution in [0.5, 0.6) is 0 Å². The number of rotatable bonds is 6. The Bertz CT molecular complexity index is 739. The molecule has 0 aromatic heterocycles. The molecule has 3 nitrogen and oxygen atoms in total. The van der Waals surface area contributed by atoms with E-state index in [4.69, 9.17) is 4.74 Å². The maximum Gasteiger partial charge on any atom is 0.308 e. The van der Waals surface area contributed by atoms with Gasteiger partial charge in [-0.15, -0.1) is 0 Å². The minimum atomic E-state index is -0.0671. The van der Waals surface area contributed by atoms with Crippen molar-refractivity contribution in [2.45, 2.75) is 98.3 Å². The Morgan fingerprint density at radius 3 is 2.58 bits per heavy atom. The Labute approximate surface area is 189 Å². The van der Waals surface area contributed by atoms with Crippen molar-refractivity contribution in [3.05, 3.63) is 11.6 Å². The van der Waals surface area contributed by atoms with Gasteiger partial charge >= 0.3 is 5.97 Å². The van der Waals surface area contributed by atoms with Gasteiger partial charge in [-0.3, -0.25) is 9.59 Å². The summed E-state index contributed by atoms with van der Waals surface area (Å²) in [4.78, 5) is 23.8. The van der Waals surface area contributed by atoms with E-state index in [1.165, 1.54) is 51.2 Å². The molecular weight excluding hydrogens is 384 g/mol. The number of ketones is 1. The Balaban J connectivity index is 1.42. The van der Waals surface area contributed by atoms with Crippen LogP contribution < -0.4 is 0 Å². The summed E-state index contributed by atoms with van der Waals surface area (Å²) in [5, 5.41) is 0. The highest BCUT2D eigenvalue weighted by atomic mass is 16.5. The highest BCUT2D eigenvalue weighted by molar-refractivity contribution is 5.91. The Hall–Kier alpha value is -1.12. The highest BCUT2D eigenvalue weighted by Gasteiger charge is 2.59. The number of methoxy groups -OCH3 is 1. The summed E-state index contributed by atoms with van der Waals surface area (Å²) < 4.78 is 4.90. The monoisotopic (exact) mass is 428 g/mol. The van der Waals surface area contributed by atoms with Gasteiger partial charge in [-0.05, 0) is 97.9 Å². The van der Waals surface area contributed by atoms with Crippen molar-refractivity contribution in [2.75, 3.05) is 7.11 Å². The Morgan fingerprint density at radius 1 is 1.06 bits per heavy atom. The molecule has 3 heteroatoms. The van der Waals surface area contributed by atoms with Crippen molar-refractivity contribution >= 4 is 11.8 Å². The van der Waals surface area contributed by atoms with Crippen LogP contribution in [0.4, 0.5) is 0 Å². The number of carbonyl (C=O) groups excluding carboxylic acids is 2. The average molecular weight is 429 g/mol. The summed E-state index contributed by atoms with van der Waals surface area (Å²) in [5.74, 6) is 4.38. The average Bonchev–Trinajstić information content (AvgIpc) is 3.10. The van der Waals surface area contributed by atoms with Crippen molar-refractivity contribution in [1.29, 1.82) is 0 Å². The van der Waals surface area contributed by atoms with Crippen LogP contribution in [-0.4, -0.2) is 18.9 Å². The molecule has 0 saturated heterocycles. The third-order valence-corrected chi connectivity index (χ3v) is 10.6. The van der Waals surface area contributed by atoms with Crippen LogP contribution >= 0.6 is 0 Å². The smallest absolute Gasteiger partial charge is 0.308 e. The van der Waals surface area contributed by atoms with Gasteiger partial charge in [0.05, 0.1) is 13.0 Å². The predicted octanol–water partition coefficient (Wildman–Crippen LogP) is 6.75. The Kier molecular flexibility index (Phi) is 6.45. The van der Waals surface area contributed by atoms with Gasteiger partial charge in [-0.25, -0.2) is 0 Å². The summed E-state index contributed by atoms with van der Waals surface area (Å²) in [6, 6.07) is 0. The van der Waals surface area contributed by atoms with Gasteiger partial charge in [0.25, 0.3) is 0 Å². The second-order valence-corrected chi connectivity index (χ2v) is 12.0. The molecule has 3 saturated carbocycles. The van der Waals surface area contributed by atoms with E-state index in [0.717, 1.165) is 61.7 Å². The molecule has 0 amide bonds. The molecule has 4 aliphatic rings. The van der Waals surface area contributed by atoms with Crippen LogP contribution in [0.25, 0.3) is 0 Å². The molecule has 0 aromatic carbocycles. The van der Waals surface area contributed by atoms with E-state index >= 15 is 0 Å². The SMILES string of the molecule is COC(=O)[C@@H](C)CCC[C@@H](C)[C@H]1CC[C@H]2[C@@H]3CCC4=CC(=O)CC[C@]4(C)[C@H]3CC[C@]12C. The van der Waals surface area contributed by atoms with Gasteiger partial charge in [0.15, 0.2) is 5.78 Å². The molecule has 31 heavy (non-hydrogen) atoms. The number of hydrogen-bond acceptors (Lipinski definition) is 3. The van der Waals surface area contributed by atoms with Crippen LogP contribution in [0.2, 0.25) is 0 Å². The third kappa shape index (κ3) is 3.93. The predicted molar refractivity (Wildman–Crippen MR) is 124 cm³/mol. The van der Waals surface area contributed by atoms with E-state index in [9.17, 15) is 9.59 Å². The maximum atomic E-state index is 12.1. The third-order valence-electron chi connectivity index (χ3n) is 10.6. The lowest BCUT2D eigenvalue weighted by Crippen LogP contribution is -2.50. The number of carbonyl (C=O) groups is 2. The first kappa shape index (κ1) is 23.1. The number of ether oxygens (including phenoxy) is 1. The highest BCUT2D eigenvalue weighted by Crippen LogP contribution is 2.67. The van der Waals surface area contributed by atoms with Crippen molar-refractivity contribution in [1.82, 2.24) is 0 Å². The lowest BCUT2D eigenvalue weighted by Gasteiger charge is -2.58. The fourth-order valence-corrected chi connectivity index (χ4v) is 8.80. The molecule has 0 bridgehead atoms. The molecule has 3 fully saturated rings. The summed E-state index contributed by atoms with van der Waals surface area (Å²) in [6.07, 6.45) is 15.1. The van der Waals surface area contributed by atoms with E-state index in [-0.39, 0.29) is 17.3 Å². The first-order valence-corrected chi connectivity index (χ1v) is 13.0. The van der Waals surface area contributed by atoms with Gasteiger partial charge in [0, 0.05) is 6.42 Å². The molecule has 0 unspecified atom stereocenters. The van der Waals surface area contributed by atoms with Crippen molar-refractivity contribution < 1.29 is 14.3 Å². The van der Waals surface area contributed by atoms with Crippen LogP contribution in [0.3, 0.4) is 0 Å². The molecule has 0 aliphatic heterocycles. The molecule has 174 valence electrons. The van der Waals surface area contributed by atoms with E-state index < -0.39 is 0 Å². The van der Waals surface area contributed by atoms with Gasteiger partial charge in [-0.2, -0.15) is 0 Å². The maximum absolute atomic E-state index is 12.1. The number of hydrogen-bond donors (Lipinski definition) is 0. The molecule has 0 aromatic rings. The summed E-state index contributed by atoms with van der Waals surface area (Å²) in [7, 11) is 1.49. The van der Waals surface area contributed by atoms with Crippen LogP contribution in [0.15, 0.2) is 11.6 Å². The number of fused-ring (bicyclic) bond motifs is 5. The molecule has 0 spiro atoms. The first-order chi connectivity index (χ1) is 14.7. The summed E-state index contributed by atoms with van der Waals surface area (Å²) in [6.45, 7) is 9.58. The van der Waals surface area contributed by atoms with Crippen molar-refractivity contribution in [3.8, 4) is 0 Å². The van der Waals surface area contributed by atoms with Gasteiger partial charge < -0.3 is 4.74 Å². The quantitative estimate of drug-likeness (QED) is 0.439. The zero-order valence-corrected chi connectivity index (χ0v) is 20.5. The van der Waals surface area contributed by atoms with E-state index in [1.807, 2.05) is 13.0 Å². The lowest BCUT2D eigenvalue weighted by atomic mass is 9.46. The first-order valence-electron chi connectivity index (χ1n) is 13.0. The number of allylic oxidation sites excluding steroid dienone is 1.